The first-order valence-corrected chi connectivity index (χ1v) is 5.78. The first kappa shape index (κ1) is 12.6. The summed E-state index contributed by atoms with van der Waals surface area (Å²) >= 11 is 5.83. The van der Waals surface area contributed by atoms with Crippen molar-refractivity contribution in [1.82, 2.24) is 0 Å². The van der Waals surface area contributed by atoms with Crippen molar-refractivity contribution in [3.8, 4) is 0 Å². The van der Waals surface area contributed by atoms with Gasteiger partial charge in [-0.15, -0.1) is 9.58 Å². The molecule has 2 rings (SSSR count). The lowest BCUT2D eigenvalue weighted by Gasteiger charge is -2.13. The van der Waals surface area contributed by atoms with Gasteiger partial charge >= 0.3 is 5.96 Å². The molecule has 0 radical (unpaired) electrons. The summed E-state index contributed by atoms with van der Waals surface area (Å²) in [6.45, 7) is 0. The summed E-state index contributed by atoms with van der Waals surface area (Å²) in [6.07, 6.45) is 0.621. The van der Waals surface area contributed by atoms with E-state index in [1.165, 1.54) is 0 Å². The number of halogens is 1. The number of nitrogens with zero attached hydrogens (tertiary/aromatic N) is 4. The molecule has 1 aromatic rings. The molecule has 18 heavy (non-hydrogen) atoms. The van der Waals surface area contributed by atoms with Gasteiger partial charge in [0.05, 0.1) is 6.01 Å². The standard InChI is InChI=1S/C12H13ClN5/c1-18(2)12(15-8-14)16-11(17-18)7-9-3-5-10(13)6-4-9/h3-6,14H,7H2,1-2H3/q+1. The fraction of sp³-hybridized carbons (Fsp3) is 0.250. The van der Waals surface area contributed by atoms with Crippen LogP contribution in [0.25, 0.3) is 0 Å². The van der Waals surface area contributed by atoms with E-state index in [0.29, 0.717) is 23.2 Å². The zero-order valence-corrected chi connectivity index (χ0v) is 10.9. The van der Waals surface area contributed by atoms with Crippen molar-refractivity contribution < 1.29 is 4.59 Å². The minimum absolute atomic E-state index is 0.189. The summed E-state index contributed by atoms with van der Waals surface area (Å²) in [4.78, 5) is 8.09. The number of rotatable bonds is 2. The van der Waals surface area contributed by atoms with Crippen molar-refractivity contribution in [2.24, 2.45) is 15.1 Å². The molecule has 0 unspecified atom stereocenters. The van der Waals surface area contributed by atoms with Crippen LogP contribution in [-0.2, 0) is 6.42 Å². The first-order chi connectivity index (χ1) is 8.51. The van der Waals surface area contributed by atoms with Gasteiger partial charge in [0.1, 0.15) is 14.1 Å². The molecule has 5 nitrogen and oxygen atoms in total. The molecule has 0 atom stereocenters. The van der Waals surface area contributed by atoms with Gasteiger partial charge in [-0.25, -0.2) is 5.41 Å². The van der Waals surface area contributed by atoms with Crippen LogP contribution in [0.1, 0.15) is 5.56 Å². The Labute approximate surface area is 110 Å². The average molecular weight is 263 g/mol. The largest absolute Gasteiger partial charge is 0.367 e. The summed E-state index contributed by atoms with van der Waals surface area (Å²) in [5.41, 5.74) is 1.09. The monoisotopic (exact) mass is 262 g/mol. The number of nitrogens with one attached hydrogen (secondary N) is 1. The second-order valence-corrected chi connectivity index (χ2v) is 4.79. The molecular weight excluding hydrogens is 250 g/mol. The molecule has 0 bridgehead atoms. The van der Waals surface area contributed by atoms with Gasteiger partial charge in [0.25, 0.3) is 0 Å². The maximum Gasteiger partial charge on any atom is 0.367 e. The minimum atomic E-state index is 0.189. The van der Waals surface area contributed by atoms with Crippen molar-refractivity contribution in [3.63, 3.8) is 0 Å². The molecule has 1 aromatic carbocycles. The van der Waals surface area contributed by atoms with Crippen LogP contribution in [0.15, 0.2) is 39.4 Å². The summed E-state index contributed by atoms with van der Waals surface area (Å²) in [5, 5.41) is 12.0. The normalized spacial score (nSPS) is 16.8. The van der Waals surface area contributed by atoms with E-state index < -0.39 is 0 Å². The van der Waals surface area contributed by atoms with E-state index in [1.807, 2.05) is 44.4 Å². The van der Waals surface area contributed by atoms with Gasteiger partial charge in [0, 0.05) is 11.4 Å². The van der Waals surface area contributed by atoms with Gasteiger partial charge < -0.3 is 0 Å². The Morgan fingerprint density at radius 1 is 1.33 bits per heavy atom. The average Bonchev–Trinajstić information content (AvgIpc) is 2.58. The molecule has 0 saturated carbocycles. The summed E-state index contributed by atoms with van der Waals surface area (Å²) in [7, 11) is 3.71. The first-order valence-electron chi connectivity index (χ1n) is 5.40. The van der Waals surface area contributed by atoms with Crippen molar-refractivity contribution in [2.45, 2.75) is 6.42 Å². The van der Waals surface area contributed by atoms with E-state index in [-0.39, 0.29) is 4.59 Å². The highest BCUT2D eigenvalue weighted by atomic mass is 35.5. The van der Waals surface area contributed by atoms with E-state index in [0.717, 1.165) is 5.56 Å². The molecule has 0 fully saturated rings. The summed E-state index contributed by atoms with van der Waals surface area (Å²) < 4.78 is 0.189. The molecule has 0 aromatic heterocycles. The highest BCUT2D eigenvalue weighted by molar-refractivity contribution is 6.30. The second-order valence-electron chi connectivity index (χ2n) is 4.35. The molecular formula is C12H13ClN5+. The Balaban J connectivity index is 2.21. The lowest BCUT2D eigenvalue weighted by molar-refractivity contribution is -0.804. The van der Waals surface area contributed by atoms with E-state index in [1.54, 1.807) is 0 Å². The minimum Gasteiger partial charge on any atom is -0.241 e. The second kappa shape index (κ2) is 4.82. The van der Waals surface area contributed by atoms with Crippen molar-refractivity contribution in [3.05, 3.63) is 34.9 Å². The number of aliphatic imine (C=N–C) groups is 2. The third kappa shape index (κ3) is 2.71. The topological polar surface area (TPSA) is 60.9 Å². The maximum absolute atomic E-state index is 6.88. The van der Waals surface area contributed by atoms with Crippen molar-refractivity contribution >= 4 is 29.4 Å². The third-order valence-corrected chi connectivity index (χ3v) is 2.77. The van der Waals surface area contributed by atoms with E-state index in [9.17, 15) is 0 Å². The predicted molar refractivity (Wildman–Crippen MR) is 72.3 cm³/mol. The maximum atomic E-state index is 6.88. The Morgan fingerprint density at radius 2 is 2.00 bits per heavy atom. The number of amidine groups is 1. The quantitative estimate of drug-likeness (QED) is 0.629. The number of hydrogen-bond donors (Lipinski definition) is 1. The fourth-order valence-electron chi connectivity index (χ4n) is 1.65. The SMILES string of the molecule is C[N+]1(C)N=C(Cc2ccc(Cl)cc2)N=C1N=C=N. The molecule has 6 heteroatoms. The summed E-state index contributed by atoms with van der Waals surface area (Å²) in [5.74, 6) is 1.16. The van der Waals surface area contributed by atoms with Crippen molar-refractivity contribution in [2.75, 3.05) is 14.1 Å². The molecule has 1 aliphatic heterocycles. The molecule has 0 saturated heterocycles. The van der Waals surface area contributed by atoms with Crippen molar-refractivity contribution in [1.29, 1.82) is 5.41 Å². The smallest absolute Gasteiger partial charge is 0.241 e. The van der Waals surface area contributed by atoms with Gasteiger partial charge in [-0.2, -0.15) is 4.99 Å². The molecule has 0 spiro atoms. The number of benzene rings is 1. The fourth-order valence-corrected chi connectivity index (χ4v) is 1.78. The van der Waals surface area contributed by atoms with Crippen LogP contribution >= 0.6 is 11.6 Å². The van der Waals surface area contributed by atoms with E-state index >= 15 is 0 Å². The van der Waals surface area contributed by atoms with Crippen LogP contribution in [0.4, 0.5) is 0 Å². The van der Waals surface area contributed by atoms with Crippen LogP contribution < -0.4 is 0 Å². The predicted octanol–water partition coefficient (Wildman–Crippen LogP) is 2.39. The van der Waals surface area contributed by atoms with Crippen LogP contribution in [-0.4, -0.2) is 36.5 Å². The Hall–Kier alpha value is -1.81. The lowest BCUT2D eigenvalue weighted by Crippen LogP contribution is -2.36. The zero-order chi connectivity index (χ0) is 13.2. The van der Waals surface area contributed by atoms with Gasteiger partial charge in [-0.3, -0.25) is 0 Å². The van der Waals surface area contributed by atoms with Crippen LogP contribution in [0.5, 0.6) is 0 Å². The van der Waals surface area contributed by atoms with Crippen LogP contribution in [0, 0.1) is 5.41 Å². The van der Waals surface area contributed by atoms with Crippen LogP contribution in [0.2, 0.25) is 5.02 Å². The number of hydrogen-bond acceptors (Lipinski definition) is 4. The Bertz CT molecular complexity index is 565. The third-order valence-electron chi connectivity index (χ3n) is 2.52. The number of guanidine groups is 1. The molecule has 1 aliphatic rings. The number of quaternary nitrogens is 1. The van der Waals surface area contributed by atoms with Gasteiger partial charge in [-0.1, -0.05) is 28.8 Å². The highest BCUT2D eigenvalue weighted by Gasteiger charge is 2.31. The van der Waals surface area contributed by atoms with Crippen LogP contribution in [0.3, 0.4) is 0 Å². The van der Waals surface area contributed by atoms with Gasteiger partial charge in [-0.05, 0) is 17.7 Å². The highest BCUT2D eigenvalue weighted by Crippen LogP contribution is 2.16. The zero-order valence-electron chi connectivity index (χ0n) is 10.2. The molecule has 0 aliphatic carbocycles. The van der Waals surface area contributed by atoms with E-state index in [2.05, 4.69) is 15.1 Å². The Morgan fingerprint density at radius 3 is 2.61 bits per heavy atom. The molecule has 0 amide bonds. The molecule has 1 N–H and O–H groups in total. The summed E-state index contributed by atoms with van der Waals surface area (Å²) in [6, 6.07) is 9.56. The Kier molecular flexibility index (Phi) is 3.39. The van der Waals surface area contributed by atoms with Gasteiger partial charge in [0.15, 0.2) is 5.84 Å². The lowest BCUT2D eigenvalue weighted by atomic mass is 10.1. The van der Waals surface area contributed by atoms with Gasteiger partial charge in [0.2, 0.25) is 0 Å². The van der Waals surface area contributed by atoms with E-state index in [4.69, 9.17) is 17.0 Å². The molecule has 92 valence electrons. The molecule has 1 heterocycles.